The van der Waals surface area contributed by atoms with Gasteiger partial charge in [-0.3, -0.25) is 0 Å². The van der Waals surface area contributed by atoms with Gasteiger partial charge in [0.2, 0.25) is 0 Å². The Bertz CT molecular complexity index is 2080. The van der Waals surface area contributed by atoms with Gasteiger partial charge >= 0.3 is 99.8 Å². The van der Waals surface area contributed by atoms with Crippen LogP contribution >= 0.6 is 11.3 Å². The molecule has 0 aliphatic rings. The number of fused-ring (bicyclic) bond motifs is 3. The van der Waals surface area contributed by atoms with Gasteiger partial charge in [-0.1, -0.05) is 61.2 Å². The number of hydrogen-bond acceptors (Lipinski definition) is 3. The van der Waals surface area contributed by atoms with Gasteiger partial charge in [-0.05, 0) is 45.5 Å². The van der Waals surface area contributed by atoms with Crippen molar-refractivity contribution in [2.45, 2.75) is 37.0 Å². The molecule has 0 unspecified atom stereocenters. The minimum atomic E-state index is -1.72. The van der Waals surface area contributed by atoms with Crippen LogP contribution in [0.1, 0.15) is 25.3 Å². The summed E-state index contributed by atoms with van der Waals surface area (Å²) in [5.41, 5.74) is 6.84. The molecule has 4 aromatic carbocycles. The Hall–Kier alpha value is -3.48. The van der Waals surface area contributed by atoms with Gasteiger partial charge in [0.1, 0.15) is 5.82 Å². The summed E-state index contributed by atoms with van der Waals surface area (Å²) in [5, 5.41) is 2.37. The van der Waals surface area contributed by atoms with Crippen LogP contribution < -0.4 is 4.40 Å². The second-order valence-electron chi connectivity index (χ2n) is 12.5. The van der Waals surface area contributed by atoms with Gasteiger partial charge in [-0.2, -0.15) is 11.3 Å². The van der Waals surface area contributed by atoms with Crippen molar-refractivity contribution in [1.29, 1.82) is 0 Å². The van der Waals surface area contributed by atoms with Gasteiger partial charge in [0.05, 0.1) is 0 Å². The average Bonchev–Trinajstić information content (AvgIpc) is 3.43. The van der Waals surface area contributed by atoms with Crippen LogP contribution in [0.25, 0.3) is 53.8 Å². The molecule has 7 rings (SSSR count). The Labute approximate surface area is 291 Å². The summed E-state index contributed by atoms with van der Waals surface area (Å²) in [5.74, 6) is 7.39. The third kappa shape index (κ3) is 7.39. The first-order chi connectivity index (χ1) is 21.7. The molecule has 3 heterocycles. The Balaban J connectivity index is 0.000000209. The van der Waals surface area contributed by atoms with Crippen molar-refractivity contribution in [3.63, 3.8) is 0 Å². The fourth-order valence-corrected chi connectivity index (χ4v) is 8.71. The van der Waals surface area contributed by atoms with Crippen LogP contribution in [0, 0.1) is 17.9 Å². The maximum Gasteiger partial charge on any atom is 0 e. The summed E-state index contributed by atoms with van der Waals surface area (Å²) < 4.78 is 18.0. The Morgan fingerprint density at radius 1 is 0.761 bits per heavy atom. The van der Waals surface area contributed by atoms with E-state index in [1.165, 1.54) is 31.5 Å². The normalized spacial score (nSPS) is 11.3. The monoisotopic (exact) mass is 861 g/mol. The van der Waals surface area contributed by atoms with Crippen LogP contribution in [-0.2, 0) is 20.1 Å². The van der Waals surface area contributed by atoms with Crippen LogP contribution in [0.5, 0.6) is 0 Å². The van der Waals surface area contributed by atoms with E-state index in [4.69, 9.17) is 0 Å². The smallest absolute Gasteiger partial charge is 0 e. The maximum atomic E-state index is 14.3. The minimum Gasteiger partial charge on any atom is 0 e. The van der Waals surface area contributed by atoms with E-state index in [-0.39, 0.29) is 25.9 Å². The van der Waals surface area contributed by atoms with E-state index in [2.05, 4.69) is 95.7 Å². The Morgan fingerprint density at radius 3 is 2.26 bits per heavy atom. The van der Waals surface area contributed by atoms with Gasteiger partial charge in [0.15, 0.2) is 0 Å². The molecule has 0 atom stereocenters. The van der Waals surface area contributed by atoms with Crippen molar-refractivity contribution in [1.82, 2.24) is 9.97 Å². The summed E-state index contributed by atoms with van der Waals surface area (Å²) in [7, 11) is 0. The zero-order valence-corrected chi connectivity index (χ0v) is 31.9. The van der Waals surface area contributed by atoms with Gasteiger partial charge in [0.25, 0.3) is 0 Å². The summed E-state index contributed by atoms with van der Waals surface area (Å²) >= 11 is 0.00248. The van der Waals surface area contributed by atoms with Gasteiger partial charge in [-0.15, -0.1) is 23.8 Å². The predicted octanol–water partition coefficient (Wildman–Crippen LogP) is 10.9. The van der Waals surface area contributed by atoms with Gasteiger partial charge in [-0.25, -0.2) is 4.39 Å². The topological polar surface area (TPSA) is 25.8 Å². The molecule has 1 radical (unpaired) electrons. The molecule has 0 saturated heterocycles. The Morgan fingerprint density at radius 2 is 1.57 bits per heavy atom. The van der Waals surface area contributed by atoms with E-state index in [1.54, 1.807) is 17.4 Å². The number of hydrogen-bond donors (Lipinski definition) is 0. The zero-order chi connectivity index (χ0) is 31.6. The molecule has 233 valence electrons. The molecule has 0 bridgehead atoms. The van der Waals surface area contributed by atoms with Crippen molar-refractivity contribution in [3.05, 3.63) is 139 Å². The summed E-state index contributed by atoms with van der Waals surface area (Å²) in [4.78, 5) is 9.15. The molecule has 0 aliphatic carbocycles. The second kappa shape index (κ2) is 14.5. The number of aromatic nitrogens is 2. The molecule has 0 fully saturated rings. The van der Waals surface area contributed by atoms with E-state index in [0.717, 1.165) is 32.8 Å². The molecule has 7 aromatic rings. The predicted molar refractivity (Wildman–Crippen MR) is 192 cm³/mol. The third-order valence-electron chi connectivity index (χ3n) is 7.94. The largest absolute Gasteiger partial charge is 0 e. The van der Waals surface area contributed by atoms with Crippen molar-refractivity contribution < 1.29 is 24.5 Å². The van der Waals surface area contributed by atoms with Crippen LogP contribution in [0.3, 0.4) is 0 Å². The van der Waals surface area contributed by atoms with Crippen molar-refractivity contribution in [3.8, 4) is 33.6 Å². The van der Waals surface area contributed by atoms with Crippen molar-refractivity contribution >= 4 is 49.2 Å². The number of thiophene rings is 1. The van der Waals surface area contributed by atoms with Crippen LogP contribution in [0.2, 0.25) is 17.3 Å². The molecule has 0 amide bonds. The molecular formula is C40H35FGeIrN2S-2. The number of rotatable bonds is 5. The fraction of sp³-hybridized carbons (Fsp3) is 0.150. The zero-order valence-electron chi connectivity index (χ0n) is 26.6. The summed E-state index contributed by atoms with van der Waals surface area (Å²) in [6, 6.07) is 40.3. The van der Waals surface area contributed by atoms with Crippen LogP contribution in [0.15, 0.2) is 116 Å². The molecule has 0 spiro atoms. The van der Waals surface area contributed by atoms with Crippen LogP contribution in [0.4, 0.5) is 4.39 Å². The Kier molecular flexibility index (Phi) is 10.7. The maximum absolute atomic E-state index is 14.3. The number of nitrogens with zero attached hydrogens (tertiary/aromatic N) is 2. The van der Waals surface area contributed by atoms with Crippen molar-refractivity contribution in [2.75, 3.05) is 0 Å². The van der Waals surface area contributed by atoms with E-state index >= 15 is 0 Å². The van der Waals surface area contributed by atoms with Crippen molar-refractivity contribution in [2.24, 2.45) is 0 Å². The van der Waals surface area contributed by atoms with Gasteiger partial charge < -0.3 is 4.98 Å². The van der Waals surface area contributed by atoms with E-state index in [1.807, 2.05) is 60.9 Å². The SMILES string of the molecule is CC(C)c1ccnc(-c2[c-]ccc3c2sc2cc(-c4ccccc4F)ccc23)c1.[CH3][Ge]([CH3])([CH3])[c]1ccc(-c2[c-]cccc2)nc1.[Ir]. The van der Waals surface area contributed by atoms with E-state index < -0.39 is 13.3 Å². The van der Waals surface area contributed by atoms with E-state index in [0.29, 0.717) is 11.5 Å². The number of halogens is 1. The van der Waals surface area contributed by atoms with Crippen LogP contribution in [-0.4, -0.2) is 23.2 Å². The molecule has 46 heavy (non-hydrogen) atoms. The summed E-state index contributed by atoms with van der Waals surface area (Å²) in [6.45, 7) is 4.38. The molecule has 2 nitrogen and oxygen atoms in total. The second-order valence-corrected chi connectivity index (χ2v) is 24.2. The van der Waals surface area contributed by atoms with Gasteiger partial charge in [0, 0.05) is 36.6 Å². The molecule has 0 N–H and O–H groups in total. The molecular weight excluding hydrogens is 824 g/mol. The number of pyridine rings is 2. The standard InChI is InChI=1S/C26H19FNS.C14H16GeN.Ir/c1-16(2)17-12-13-28-24(14-17)22-8-5-7-21-20-11-10-18(15-25(20)29-26(21)22)19-6-3-4-9-23(19)27;1-15(2,3)13-9-10-14(16-11-13)12-7-5-4-6-8-12;/h3-7,9-16H,1-2H3;4-7,9-11H,1-3H3;/q2*-1;. The first-order valence-electron chi connectivity index (χ1n) is 15.2. The first-order valence-corrected chi connectivity index (χ1v) is 23.4. The summed E-state index contributed by atoms with van der Waals surface area (Å²) in [6.07, 6.45) is 3.91. The quantitative estimate of drug-likeness (QED) is 0.127. The molecule has 6 heteroatoms. The number of benzene rings is 4. The first kappa shape index (κ1) is 33.9. The average molecular weight is 860 g/mol. The van der Waals surface area contributed by atoms with E-state index in [9.17, 15) is 4.39 Å². The molecule has 3 aromatic heterocycles. The minimum absolute atomic E-state index is 0. The molecule has 0 aliphatic heterocycles. The fourth-order valence-electron chi connectivity index (χ4n) is 5.29. The molecule has 0 saturated carbocycles. The third-order valence-corrected chi connectivity index (χ3v) is 13.4.